The van der Waals surface area contributed by atoms with Crippen molar-refractivity contribution >= 4 is 11.7 Å². The number of ether oxygens (including phenoxy) is 1. The summed E-state index contributed by atoms with van der Waals surface area (Å²) in [6.07, 6.45) is 3.36. The Balaban J connectivity index is 1.21. The molecule has 154 valence electrons. The molecule has 0 spiro atoms. The van der Waals surface area contributed by atoms with Crippen molar-refractivity contribution in [2.75, 3.05) is 13.2 Å². The van der Waals surface area contributed by atoms with Gasteiger partial charge in [0.1, 0.15) is 23.8 Å². The van der Waals surface area contributed by atoms with Gasteiger partial charge in [-0.3, -0.25) is 20.2 Å². The van der Waals surface area contributed by atoms with E-state index in [9.17, 15) is 14.0 Å². The zero-order valence-corrected chi connectivity index (χ0v) is 16.1. The molecule has 7 nitrogen and oxygen atoms in total. The molecule has 0 aliphatic carbocycles. The Morgan fingerprint density at radius 1 is 1.28 bits per heavy atom. The largest absolute Gasteiger partial charge is 0.492 e. The van der Waals surface area contributed by atoms with Gasteiger partial charge in [-0.2, -0.15) is 0 Å². The van der Waals surface area contributed by atoms with Gasteiger partial charge in [0.05, 0.1) is 6.61 Å². The summed E-state index contributed by atoms with van der Waals surface area (Å²) in [5.41, 5.74) is 1.93. The maximum absolute atomic E-state index is 12.9. The Kier molecular flexibility index (Phi) is 5.92. The van der Waals surface area contributed by atoms with Crippen LogP contribution in [0, 0.1) is 5.82 Å². The number of Topliss-reactive ketones (excluding diaryl/α,β-unsaturated/α-hetero) is 1. The average molecular weight is 400 g/mol. The number of rotatable bonds is 7. The lowest BCUT2D eigenvalue weighted by Gasteiger charge is -2.37. The number of hydrogen-bond acceptors (Lipinski definition) is 5. The fourth-order valence-electron chi connectivity index (χ4n) is 3.78. The Labute approximate surface area is 168 Å². The zero-order chi connectivity index (χ0) is 20.2. The molecule has 2 aromatic rings. The molecule has 2 atom stereocenters. The lowest BCUT2D eigenvalue weighted by atomic mass is 10.0. The van der Waals surface area contributed by atoms with Crippen LogP contribution in [-0.4, -0.2) is 35.5 Å². The van der Waals surface area contributed by atoms with E-state index in [0.29, 0.717) is 45.5 Å². The van der Waals surface area contributed by atoms with Gasteiger partial charge in [-0.05, 0) is 24.1 Å². The number of carbonyl (C=O) groups excluding carboxylic acids is 2. The van der Waals surface area contributed by atoms with Gasteiger partial charge in [-0.15, -0.1) is 0 Å². The number of nitrogens with zero attached hydrogens (tertiary/aromatic N) is 1. The van der Waals surface area contributed by atoms with Crippen LogP contribution < -0.4 is 20.7 Å². The smallest absolute Gasteiger partial charge is 0.220 e. The third-order valence-electron chi connectivity index (χ3n) is 5.32. The van der Waals surface area contributed by atoms with Crippen LogP contribution in [0.25, 0.3) is 0 Å². The van der Waals surface area contributed by atoms with Crippen molar-refractivity contribution < 1.29 is 18.7 Å². The predicted octanol–water partition coefficient (Wildman–Crippen LogP) is 1.64. The molecule has 1 fully saturated rings. The molecule has 1 amide bonds. The highest BCUT2D eigenvalue weighted by Gasteiger charge is 2.36. The second kappa shape index (κ2) is 8.75. The topological polar surface area (TPSA) is 84.4 Å². The van der Waals surface area contributed by atoms with Crippen LogP contribution >= 0.6 is 0 Å². The zero-order valence-electron chi connectivity index (χ0n) is 16.1. The van der Waals surface area contributed by atoms with E-state index in [1.807, 2.05) is 12.3 Å². The minimum Gasteiger partial charge on any atom is -0.492 e. The number of halogens is 1. The number of hydrogen-bond donors (Lipinski definition) is 3. The first-order chi connectivity index (χ1) is 14.1. The lowest BCUT2D eigenvalue weighted by Crippen LogP contribution is -2.56. The number of amides is 1. The highest BCUT2D eigenvalue weighted by atomic mass is 19.1. The molecule has 3 N–H and O–H groups in total. The summed E-state index contributed by atoms with van der Waals surface area (Å²) >= 11 is 0. The Hall–Kier alpha value is -2.71. The summed E-state index contributed by atoms with van der Waals surface area (Å²) < 4.78 is 20.8. The molecule has 2 aliphatic rings. The fourth-order valence-corrected chi connectivity index (χ4v) is 3.78. The maximum Gasteiger partial charge on any atom is 0.220 e. The second-order valence-corrected chi connectivity index (χ2v) is 7.40. The minimum atomic E-state index is -0.290. The van der Waals surface area contributed by atoms with E-state index in [0.717, 1.165) is 17.0 Å². The van der Waals surface area contributed by atoms with E-state index in [4.69, 9.17) is 4.74 Å². The molecule has 2 aliphatic heterocycles. The summed E-state index contributed by atoms with van der Waals surface area (Å²) in [5, 5.41) is 9.50. The number of nitrogens with one attached hydrogen (secondary N) is 3. The van der Waals surface area contributed by atoms with E-state index < -0.39 is 0 Å². The Morgan fingerprint density at radius 2 is 2.10 bits per heavy atom. The van der Waals surface area contributed by atoms with Gasteiger partial charge in [-0.25, -0.2) is 4.39 Å². The number of carbonyl (C=O) groups is 2. The molecule has 8 heteroatoms. The summed E-state index contributed by atoms with van der Waals surface area (Å²) in [6, 6.07) is 7.84. The van der Waals surface area contributed by atoms with Gasteiger partial charge in [-0.1, -0.05) is 12.1 Å². The highest BCUT2D eigenvalue weighted by molar-refractivity contribution is 5.85. The van der Waals surface area contributed by atoms with Crippen molar-refractivity contribution in [1.29, 1.82) is 0 Å². The highest BCUT2D eigenvalue weighted by Crippen LogP contribution is 2.27. The fraction of sp³-hybridized carbons (Fsp3) is 0.429. The molecule has 29 heavy (non-hydrogen) atoms. The molecular weight excluding hydrogens is 375 g/mol. The first-order valence-corrected chi connectivity index (χ1v) is 9.94. The third-order valence-corrected chi connectivity index (χ3v) is 5.32. The van der Waals surface area contributed by atoms with Gasteiger partial charge in [0.2, 0.25) is 5.91 Å². The summed E-state index contributed by atoms with van der Waals surface area (Å²) in [5.74, 6) is 0.629. The Bertz CT molecular complexity index is 881. The van der Waals surface area contributed by atoms with Gasteiger partial charge >= 0.3 is 0 Å². The van der Waals surface area contributed by atoms with Crippen LogP contribution in [0.15, 0.2) is 36.5 Å². The van der Waals surface area contributed by atoms with Crippen LogP contribution in [0.1, 0.15) is 36.7 Å². The van der Waals surface area contributed by atoms with E-state index in [-0.39, 0.29) is 29.7 Å². The Morgan fingerprint density at radius 3 is 2.93 bits per heavy atom. The van der Waals surface area contributed by atoms with Crippen molar-refractivity contribution in [2.45, 2.75) is 44.6 Å². The van der Waals surface area contributed by atoms with Crippen LogP contribution in [0.5, 0.6) is 5.75 Å². The van der Waals surface area contributed by atoms with Crippen molar-refractivity contribution in [3.05, 3.63) is 53.6 Å². The molecular formula is C21H25FN4O3. The minimum absolute atomic E-state index is 0.0638. The SMILES string of the molecule is O=C(CCCOc1cc2n(c1)C1NCCC(=O)C1NC2)NCc1ccc(F)cc1. The number of piperidine rings is 1. The van der Waals surface area contributed by atoms with Gasteiger partial charge in [0.25, 0.3) is 0 Å². The van der Waals surface area contributed by atoms with Crippen molar-refractivity contribution in [1.82, 2.24) is 20.5 Å². The van der Waals surface area contributed by atoms with Crippen LogP contribution in [-0.2, 0) is 22.7 Å². The molecule has 1 aromatic heterocycles. The van der Waals surface area contributed by atoms with Crippen molar-refractivity contribution in [3.8, 4) is 5.75 Å². The van der Waals surface area contributed by atoms with Gasteiger partial charge < -0.3 is 14.6 Å². The van der Waals surface area contributed by atoms with Crippen LogP contribution in [0.3, 0.4) is 0 Å². The van der Waals surface area contributed by atoms with Gasteiger partial charge in [0, 0.05) is 50.4 Å². The first-order valence-electron chi connectivity index (χ1n) is 9.94. The molecule has 2 unspecified atom stereocenters. The summed E-state index contributed by atoms with van der Waals surface area (Å²) in [7, 11) is 0. The van der Waals surface area contributed by atoms with E-state index in [1.165, 1.54) is 12.1 Å². The molecule has 0 radical (unpaired) electrons. The van der Waals surface area contributed by atoms with Crippen LogP contribution in [0.4, 0.5) is 4.39 Å². The van der Waals surface area contributed by atoms with Crippen molar-refractivity contribution in [3.63, 3.8) is 0 Å². The molecule has 1 aromatic carbocycles. The molecule has 0 saturated carbocycles. The van der Waals surface area contributed by atoms with E-state index in [2.05, 4.69) is 20.5 Å². The molecule has 0 bridgehead atoms. The molecule has 3 heterocycles. The average Bonchev–Trinajstić information content (AvgIpc) is 3.14. The predicted molar refractivity (Wildman–Crippen MR) is 105 cm³/mol. The number of aromatic nitrogens is 1. The van der Waals surface area contributed by atoms with E-state index in [1.54, 1.807) is 12.1 Å². The lowest BCUT2D eigenvalue weighted by molar-refractivity contribution is -0.124. The molecule has 4 rings (SSSR count). The quantitative estimate of drug-likeness (QED) is 0.616. The summed E-state index contributed by atoms with van der Waals surface area (Å²) in [4.78, 5) is 24.0. The first kappa shape index (κ1) is 19.6. The monoisotopic (exact) mass is 400 g/mol. The van der Waals surface area contributed by atoms with Gasteiger partial charge in [0.15, 0.2) is 5.78 Å². The second-order valence-electron chi connectivity index (χ2n) is 7.40. The third kappa shape index (κ3) is 4.65. The molecule has 1 saturated heterocycles. The standard InChI is InChI=1S/C21H25FN4O3/c22-15-5-3-14(4-6-15)11-24-19(28)2-1-9-29-17-10-16-12-25-20-18(27)7-8-23-21(20)26(16)13-17/h3-6,10,13,20-21,23,25H,1-2,7-9,11-12H2,(H,24,28). The maximum atomic E-state index is 12.9. The van der Waals surface area contributed by atoms with E-state index >= 15 is 0 Å². The normalized spacial score (nSPS) is 20.7. The number of fused-ring (bicyclic) bond motifs is 3. The van der Waals surface area contributed by atoms with Crippen LogP contribution in [0.2, 0.25) is 0 Å². The number of ketones is 1. The number of benzene rings is 1. The van der Waals surface area contributed by atoms with Crippen molar-refractivity contribution in [2.24, 2.45) is 0 Å². The summed E-state index contributed by atoms with van der Waals surface area (Å²) in [6.45, 7) is 2.13.